The molecule has 0 aromatic carbocycles. The average molecular weight is 269 g/mol. The van der Waals surface area contributed by atoms with E-state index in [9.17, 15) is 8.42 Å². The van der Waals surface area contributed by atoms with Gasteiger partial charge < -0.3 is 0 Å². The van der Waals surface area contributed by atoms with Crippen LogP contribution in [0.5, 0.6) is 0 Å². The minimum Gasteiger partial charge on any atom is -0.212 e. The van der Waals surface area contributed by atoms with Gasteiger partial charge in [0.25, 0.3) is 0 Å². The summed E-state index contributed by atoms with van der Waals surface area (Å²) in [5.41, 5.74) is 0. The highest BCUT2D eigenvalue weighted by Crippen LogP contribution is 2.28. The molecule has 0 aromatic heterocycles. The van der Waals surface area contributed by atoms with Crippen molar-refractivity contribution in [2.24, 2.45) is 5.92 Å². The van der Waals surface area contributed by atoms with Crippen LogP contribution in [0.3, 0.4) is 0 Å². The lowest BCUT2D eigenvalue weighted by atomic mass is 9.91. The summed E-state index contributed by atoms with van der Waals surface area (Å²) in [5, 5.41) is 0. The van der Waals surface area contributed by atoms with Crippen molar-refractivity contribution in [3.63, 3.8) is 0 Å². The quantitative estimate of drug-likeness (QED) is 0.738. The van der Waals surface area contributed by atoms with Crippen LogP contribution in [-0.2, 0) is 10.0 Å². The lowest BCUT2D eigenvalue weighted by molar-refractivity contribution is 0.293. The van der Waals surface area contributed by atoms with Crippen molar-refractivity contribution in [3.05, 3.63) is 0 Å². The number of piperidine rings is 1. The van der Waals surface area contributed by atoms with Gasteiger partial charge in [0.05, 0.1) is 11.8 Å². The molecule has 2 rings (SSSR count). The summed E-state index contributed by atoms with van der Waals surface area (Å²) in [6, 6.07) is -0.202. The summed E-state index contributed by atoms with van der Waals surface area (Å²) in [6.45, 7) is 0.615. The maximum absolute atomic E-state index is 12.5. The SMILES string of the molecule is C#C[C@@H]1CCCCN1S(=O)(=O)CC1CCCCC1. The van der Waals surface area contributed by atoms with Gasteiger partial charge in [-0.1, -0.05) is 25.2 Å². The highest BCUT2D eigenvalue weighted by molar-refractivity contribution is 7.89. The molecule has 1 atom stereocenters. The Hall–Kier alpha value is -0.530. The summed E-state index contributed by atoms with van der Waals surface area (Å²) in [7, 11) is -3.15. The smallest absolute Gasteiger partial charge is 0.212 e. The standard InChI is InChI=1S/C14H23NO2S/c1-2-14-10-6-7-11-15(14)18(16,17)12-13-8-4-3-5-9-13/h1,13-14H,3-12H2/t14-/m1/s1. The van der Waals surface area contributed by atoms with Crippen molar-refractivity contribution in [1.82, 2.24) is 4.31 Å². The van der Waals surface area contributed by atoms with Gasteiger partial charge in [0, 0.05) is 6.54 Å². The molecule has 4 heteroatoms. The molecule has 102 valence electrons. The fourth-order valence-corrected chi connectivity index (χ4v) is 5.23. The number of hydrogen-bond acceptors (Lipinski definition) is 2. The Bertz CT molecular complexity index is 404. The zero-order valence-electron chi connectivity index (χ0n) is 11.0. The fraction of sp³-hybridized carbons (Fsp3) is 0.857. The lowest BCUT2D eigenvalue weighted by Crippen LogP contribution is -2.45. The summed E-state index contributed by atoms with van der Waals surface area (Å²) in [6.07, 6.45) is 14.0. The van der Waals surface area contributed by atoms with Crippen LogP contribution < -0.4 is 0 Å². The molecular weight excluding hydrogens is 246 g/mol. The molecule has 0 aromatic rings. The van der Waals surface area contributed by atoms with Crippen LogP contribution >= 0.6 is 0 Å². The summed E-state index contributed by atoms with van der Waals surface area (Å²) in [5.74, 6) is 3.31. The molecule has 0 amide bonds. The van der Waals surface area contributed by atoms with Gasteiger partial charge in [-0.2, -0.15) is 4.31 Å². The number of nitrogens with zero attached hydrogens (tertiary/aromatic N) is 1. The Balaban J connectivity index is 2.02. The first kappa shape index (κ1) is 13.9. The van der Waals surface area contributed by atoms with Crippen molar-refractivity contribution in [3.8, 4) is 12.3 Å². The molecule has 1 saturated carbocycles. The molecular formula is C14H23NO2S. The van der Waals surface area contributed by atoms with Crippen molar-refractivity contribution in [2.75, 3.05) is 12.3 Å². The van der Waals surface area contributed by atoms with Crippen LogP contribution in [0.25, 0.3) is 0 Å². The van der Waals surface area contributed by atoms with Gasteiger partial charge >= 0.3 is 0 Å². The Kier molecular flexibility index (Phi) is 4.69. The third-order valence-corrected chi connectivity index (χ3v) is 6.22. The van der Waals surface area contributed by atoms with E-state index < -0.39 is 10.0 Å². The molecule has 1 saturated heterocycles. The second-order valence-corrected chi connectivity index (χ2v) is 7.54. The molecule has 1 heterocycles. The molecule has 3 nitrogen and oxygen atoms in total. The van der Waals surface area contributed by atoms with E-state index in [0.717, 1.165) is 32.1 Å². The summed E-state index contributed by atoms with van der Waals surface area (Å²) < 4.78 is 26.5. The van der Waals surface area contributed by atoms with Gasteiger partial charge in [-0.15, -0.1) is 6.42 Å². The second kappa shape index (κ2) is 6.08. The third kappa shape index (κ3) is 3.27. The first-order chi connectivity index (χ1) is 8.63. The predicted octanol–water partition coefficient (Wildman–Crippen LogP) is 2.38. The number of rotatable bonds is 3. The van der Waals surface area contributed by atoms with Crippen molar-refractivity contribution >= 4 is 10.0 Å². The van der Waals surface area contributed by atoms with Crippen LogP contribution in [0.15, 0.2) is 0 Å². The van der Waals surface area contributed by atoms with Crippen molar-refractivity contribution in [1.29, 1.82) is 0 Å². The van der Waals surface area contributed by atoms with Gasteiger partial charge in [-0.25, -0.2) is 8.42 Å². The average Bonchev–Trinajstić information content (AvgIpc) is 2.39. The van der Waals surface area contributed by atoms with Gasteiger partial charge in [-0.3, -0.25) is 0 Å². The normalized spacial score (nSPS) is 27.8. The Labute approximate surface area is 111 Å². The van der Waals surface area contributed by atoms with Crippen LogP contribution in [0, 0.1) is 18.3 Å². The zero-order valence-corrected chi connectivity index (χ0v) is 11.8. The molecule has 0 unspecified atom stereocenters. The third-order valence-electron chi connectivity index (χ3n) is 4.17. The molecule has 2 fully saturated rings. The van der Waals surface area contributed by atoms with E-state index in [4.69, 9.17) is 6.42 Å². The zero-order chi connectivity index (χ0) is 13.0. The van der Waals surface area contributed by atoms with E-state index in [1.165, 1.54) is 19.3 Å². The maximum atomic E-state index is 12.5. The van der Waals surface area contributed by atoms with E-state index >= 15 is 0 Å². The van der Waals surface area contributed by atoms with Crippen LogP contribution in [0.4, 0.5) is 0 Å². The molecule has 0 bridgehead atoms. The van der Waals surface area contributed by atoms with Crippen LogP contribution in [0.1, 0.15) is 51.4 Å². The maximum Gasteiger partial charge on any atom is 0.215 e. The van der Waals surface area contributed by atoms with E-state index in [1.807, 2.05) is 0 Å². The molecule has 0 N–H and O–H groups in total. The molecule has 1 aliphatic heterocycles. The molecule has 1 aliphatic carbocycles. The van der Waals surface area contributed by atoms with Gasteiger partial charge in [0.2, 0.25) is 10.0 Å². The van der Waals surface area contributed by atoms with Gasteiger partial charge in [0.1, 0.15) is 0 Å². The largest absolute Gasteiger partial charge is 0.215 e. The van der Waals surface area contributed by atoms with Gasteiger partial charge in [0.15, 0.2) is 0 Å². The van der Waals surface area contributed by atoms with Crippen LogP contribution in [0.2, 0.25) is 0 Å². The monoisotopic (exact) mass is 269 g/mol. The van der Waals surface area contributed by atoms with Crippen molar-refractivity contribution in [2.45, 2.75) is 57.4 Å². The van der Waals surface area contributed by atoms with Crippen molar-refractivity contribution < 1.29 is 8.42 Å². The molecule has 18 heavy (non-hydrogen) atoms. The summed E-state index contributed by atoms with van der Waals surface area (Å²) >= 11 is 0. The van der Waals surface area contributed by atoms with Crippen LogP contribution in [-0.4, -0.2) is 31.1 Å². The summed E-state index contributed by atoms with van der Waals surface area (Å²) in [4.78, 5) is 0. The topological polar surface area (TPSA) is 37.4 Å². The van der Waals surface area contributed by atoms with E-state index in [2.05, 4.69) is 5.92 Å². The van der Waals surface area contributed by atoms with E-state index in [1.54, 1.807) is 4.31 Å². The van der Waals surface area contributed by atoms with Gasteiger partial charge in [-0.05, 0) is 38.0 Å². The first-order valence-electron chi connectivity index (χ1n) is 7.09. The molecule has 0 radical (unpaired) electrons. The Morgan fingerprint density at radius 2 is 1.72 bits per heavy atom. The second-order valence-electron chi connectivity index (χ2n) is 5.57. The first-order valence-corrected chi connectivity index (χ1v) is 8.70. The van der Waals surface area contributed by atoms with E-state index in [0.29, 0.717) is 18.2 Å². The minimum atomic E-state index is -3.15. The highest BCUT2D eigenvalue weighted by Gasteiger charge is 2.33. The Morgan fingerprint density at radius 3 is 2.39 bits per heavy atom. The fourth-order valence-electron chi connectivity index (χ4n) is 3.15. The van der Waals surface area contributed by atoms with E-state index in [-0.39, 0.29) is 6.04 Å². The number of sulfonamides is 1. The molecule has 0 spiro atoms. The number of terminal acetylenes is 1. The number of hydrogen-bond donors (Lipinski definition) is 0. The molecule has 2 aliphatic rings. The highest BCUT2D eigenvalue weighted by atomic mass is 32.2. The lowest BCUT2D eigenvalue weighted by Gasteiger charge is -2.33. The minimum absolute atomic E-state index is 0.202. The predicted molar refractivity (Wildman–Crippen MR) is 73.5 cm³/mol. The Morgan fingerprint density at radius 1 is 1.06 bits per heavy atom.